The smallest absolute Gasteiger partial charge is 0.156 e. The van der Waals surface area contributed by atoms with Gasteiger partial charge in [-0.2, -0.15) is 0 Å². The van der Waals surface area contributed by atoms with Crippen LogP contribution in [-0.4, -0.2) is 129 Å². The molecular weight excluding hydrogens is 418 g/mol. The molecule has 0 aromatic carbocycles. The Bertz CT molecular complexity index is 403. The van der Waals surface area contributed by atoms with Crippen LogP contribution in [0.1, 0.15) is 0 Å². The number of hydrogen-bond acceptors (Lipinski definition) is 11. The fourth-order valence-electron chi connectivity index (χ4n) is 1.89. The van der Waals surface area contributed by atoms with E-state index in [1.807, 2.05) is 0 Å². The summed E-state index contributed by atoms with van der Waals surface area (Å²) in [6.45, 7) is 6.63. The molecule has 0 saturated heterocycles. The van der Waals surface area contributed by atoms with Crippen molar-refractivity contribution in [3.05, 3.63) is 10.4 Å². The van der Waals surface area contributed by atoms with Crippen LogP contribution in [0.4, 0.5) is 0 Å². The van der Waals surface area contributed by atoms with Crippen molar-refractivity contribution in [1.29, 1.82) is 0 Å². The highest BCUT2D eigenvalue weighted by atomic mass is 16.6. The summed E-state index contributed by atoms with van der Waals surface area (Å²) in [6.07, 6.45) is -1.17. The van der Waals surface area contributed by atoms with Gasteiger partial charge in [-0.05, 0) is 5.53 Å². The van der Waals surface area contributed by atoms with Crippen LogP contribution in [0.25, 0.3) is 10.4 Å². The second kappa shape index (κ2) is 26.9. The quantitative estimate of drug-likeness (QED) is 0.0768. The summed E-state index contributed by atoms with van der Waals surface area (Å²) in [5.41, 5.74) is 8.10. The van der Waals surface area contributed by atoms with Gasteiger partial charge in [-0.1, -0.05) is 5.11 Å². The van der Waals surface area contributed by atoms with Crippen molar-refractivity contribution in [3.63, 3.8) is 0 Å². The first-order chi connectivity index (χ1) is 15.3. The predicted octanol–water partition coefficient (Wildman–Crippen LogP) is -0.260. The highest BCUT2D eigenvalue weighted by Crippen LogP contribution is 1.89. The van der Waals surface area contributed by atoms with E-state index in [9.17, 15) is 0 Å². The number of aliphatic hydroxyl groups is 2. The van der Waals surface area contributed by atoms with Gasteiger partial charge in [0.05, 0.1) is 112 Å². The van der Waals surface area contributed by atoms with Gasteiger partial charge in [0.15, 0.2) is 6.23 Å². The number of rotatable bonds is 26. The molecule has 13 nitrogen and oxygen atoms in total. The fourth-order valence-corrected chi connectivity index (χ4v) is 1.89. The highest BCUT2D eigenvalue weighted by molar-refractivity contribution is 4.50. The SMILES string of the molecule is [N-]=[N+]=NC(O)COCCOCCOCCOCCOCCOCCOCCOCCO. The van der Waals surface area contributed by atoms with Gasteiger partial charge in [0.1, 0.15) is 0 Å². The number of ether oxygens (including phenoxy) is 8. The molecule has 0 aliphatic rings. The largest absolute Gasteiger partial charge is 0.394 e. The zero-order valence-corrected chi connectivity index (χ0v) is 18.1. The van der Waals surface area contributed by atoms with Crippen molar-refractivity contribution in [2.75, 3.05) is 112 Å². The van der Waals surface area contributed by atoms with E-state index in [0.717, 1.165) is 0 Å². The lowest BCUT2D eigenvalue weighted by Gasteiger charge is -2.09. The van der Waals surface area contributed by atoms with Gasteiger partial charge in [-0.3, -0.25) is 0 Å². The highest BCUT2D eigenvalue weighted by Gasteiger charge is 1.99. The normalized spacial score (nSPS) is 12.1. The second-order valence-corrected chi connectivity index (χ2v) is 5.77. The lowest BCUT2D eigenvalue weighted by atomic mass is 10.6. The monoisotopic (exact) mass is 455 g/mol. The van der Waals surface area contributed by atoms with Crippen LogP contribution in [0.3, 0.4) is 0 Å². The van der Waals surface area contributed by atoms with E-state index in [2.05, 4.69) is 10.0 Å². The lowest BCUT2D eigenvalue weighted by Crippen LogP contribution is -2.16. The number of aliphatic hydroxyl groups excluding tert-OH is 2. The van der Waals surface area contributed by atoms with Crippen molar-refractivity contribution in [2.45, 2.75) is 6.23 Å². The third kappa shape index (κ3) is 26.9. The maximum absolute atomic E-state index is 9.08. The van der Waals surface area contributed by atoms with Crippen LogP contribution >= 0.6 is 0 Å². The average Bonchev–Trinajstić information content (AvgIpc) is 2.77. The van der Waals surface area contributed by atoms with E-state index >= 15 is 0 Å². The maximum atomic E-state index is 9.08. The molecule has 0 aromatic heterocycles. The van der Waals surface area contributed by atoms with Gasteiger partial charge < -0.3 is 48.1 Å². The summed E-state index contributed by atoms with van der Waals surface area (Å²) in [4.78, 5) is 2.46. The molecule has 1 atom stereocenters. The second-order valence-electron chi connectivity index (χ2n) is 5.77. The minimum atomic E-state index is -1.17. The van der Waals surface area contributed by atoms with Gasteiger partial charge in [0.2, 0.25) is 0 Å². The summed E-state index contributed by atoms with van der Waals surface area (Å²) in [5, 5.41) is 20.7. The first-order valence-electron chi connectivity index (χ1n) is 10.3. The molecule has 184 valence electrons. The topological polar surface area (TPSA) is 163 Å². The fraction of sp³-hybridized carbons (Fsp3) is 1.00. The van der Waals surface area contributed by atoms with Gasteiger partial charge in [-0.25, -0.2) is 0 Å². The van der Waals surface area contributed by atoms with Crippen LogP contribution in [0.15, 0.2) is 5.11 Å². The van der Waals surface area contributed by atoms with Crippen molar-refractivity contribution in [1.82, 2.24) is 0 Å². The zero-order valence-electron chi connectivity index (χ0n) is 18.1. The Morgan fingerprint density at radius 3 is 1.13 bits per heavy atom. The molecule has 0 rings (SSSR count). The first-order valence-corrected chi connectivity index (χ1v) is 10.3. The van der Waals surface area contributed by atoms with Crippen molar-refractivity contribution >= 4 is 0 Å². The van der Waals surface area contributed by atoms with E-state index in [-0.39, 0.29) is 13.2 Å². The molecule has 1 unspecified atom stereocenters. The predicted molar refractivity (Wildman–Crippen MR) is 109 cm³/mol. The molecule has 0 bridgehead atoms. The summed E-state index contributed by atoms with van der Waals surface area (Å²) >= 11 is 0. The Hall–Kier alpha value is -1.09. The Labute approximate surface area is 183 Å². The molecule has 0 heterocycles. The van der Waals surface area contributed by atoms with Crippen LogP contribution in [0.2, 0.25) is 0 Å². The van der Waals surface area contributed by atoms with Crippen molar-refractivity contribution in [2.24, 2.45) is 5.11 Å². The van der Waals surface area contributed by atoms with Gasteiger partial charge >= 0.3 is 0 Å². The third-order valence-electron chi connectivity index (χ3n) is 3.29. The summed E-state index contributed by atoms with van der Waals surface area (Å²) in [5.74, 6) is 0. The number of hydrogen-bond donors (Lipinski definition) is 2. The molecule has 0 aliphatic carbocycles. The summed E-state index contributed by atoms with van der Waals surface area (Å²) in [7, 11) is 0. The molecule has 0 aromatic rings. The molecule has 31 heavy (non-hydrogen) atoms. The van der Waals surface area contributed by atoms with Crippen LogP contribution in [-0.2, 0) is 37.9 Å². The van der Waals surface area contributed by atoms with E-state index in [4.69, 9.17) is 53.6 Å². The summed E-state index contributed by atoms with van der Waals surface area (Å²) < 4.78 is 42.1. The Balaban J connectivity index is 3.04. The van der Waals surface area contributed by atoms with Crippen molar-refractivity contribution in [3.8, 4) is 0 Å². The van der Waals surface area contributed by atoms with Crippen LogP contribution in [0, 0.1) is 0 Å². The van der Waals surface area contributed by atoms with E-state index in [0.29, 0.717) is 99.1 Å². The molecule has 0 saturated carbocycles. The van der Waals surface area contributed by atoms with Gasteiger partial charge in [-0.15, -0.1) is 0 Å². The molecule has 0 spiro atoms. The molecule has 13 heteroatoms. The molecule has 0 fully saturated rings. The van der Waals surface area contributed by atoms with Crippen molar-refractivity contribution < 1.29 is 48.1 Å². The summed E-state index contributed by atoms with van der Waals surface area (Å²) in [6, 6.07) is 0. The van der Waals surface area contributed by atoms with E-state index < -0.39 is 6.23 Å². The lowest BCUT2D eigenvalue weighted by molar-refractivity contribution is -0.0269. The Kier molecular flexibility index (Phi) is 26.0. The number of azide groups is 1. The Morgan fingerprint density at radius 2 is 0.839 bits per heavy atom. The standard InChI is InChI=1S/C18H37N3O10/c19-21-20-18(23)17-31-16-15-30-14-13-29-12-11-28-10-9-27-8-7-26-6-5-25-4-3-24-2-1-22/h18,22-23H,1-17H2. The van der Waals surface area contributed by atoms with Crippen LogP contribution < -0.4 is 0 Å². The van der Waals surface area contributed by atoms with E-state index in [1.54, 1.807) is 0 Å². The van der Waals surface area contributed by atoms with Gasteiger partial charge in [0.25, 0.3) is 0 Å². The third-order valence-corrected chi connectivity index (χ3v) is 3.29. The molecular formula is C18H37N3O10. The Morgan fingerprint density at radius 1 is 0.548 bits per heavy atom. The minimum absolute atomic E-state index is 0.0203. The molecule has 2 N–H and O–H groups in total. The minimum Gasteiger partial charge on any atom is -0.394 e. The molecule has 0 aliphatic heterocycles. The number of nitrogens with zero attached hydrogens (tertiary/aromatic N) is 3. The van der Waals surface area contributed by atoms with Gasteiger partial charge in [0, 0.05) is 4.91 Å². The molecule has 0 amide bonds. The zero-order chi connectivity index (χ0) is 22.7. The maximum Gasteiger partial charge on any atom is 0.156 e. The van der Waals surface area contributed by atoms with Crippen LogP contribution in [0.5, 0.6) is 0 Å². The van der Waals surface area contributed by atoms with E-state index in [1.165, 1.54) is 0 Å². The average molecular weight is 456 g/mol. The molecule has 0 radical (unpaired) electrons. The first kappa shape index (κ1) is 29.9.